The monoisotopic (exact) mass is 519 g/mol. The molecule has 1 aliphatic rings. The van der Waals surface area contributed by atoms with Gasteiger partial charge in [-0.25, -0.2) is 9.50 Å². The molecular formula is C27H24F3N7O. The van der Waals surface area contributed by atoms with Gasteiger partial charge in [0, 0.05) is 63.2 Å². The van der Waals surface area contributed by atoms with Gasteiger partial charge in [0.15, 0.2) is 17.0 Å². The van der Waals surface area contributed by atoms with Crippen molar-refractivity contribution < 1.29 is 18.0 Å². The van der Waals surface area contributed by atoms with Crippen LogP contribution in [0.4, 0.5) is 13.2 Å². The molecular weight excluding hydrogens is 495 g/mol. The maximum absolute atomic E-state index is 14.1. The minimum Gasteiger partial charge on any atom is -0.335 e. The van der Waals surface area contributed by atoms with E-state index in [1.807, 2.05) is 55.8 Å². The van der Waals surface area contributed by atoms with Crippen LogP contribution in [0, 0.1) is 0 Å². The topological polar surface area (TPSA) is 71.6 Å². The standard InChI is InChI=1S/C27H24F3N7O/c1-34-16-18(15-31-34)17-35-8-10-36(11-9-35)26(38)23-14-25-32-22(13-24(27(28,29)30)37(25)33-23)21-7-6-19-4-2-3-5-20(19)12-21/h2-7,12-16H,8-11,17H2,1H3. The van der Waals surface area contributed by atoms with E-state index in [0.717, 1.165) is 33.5 Å². The van der Waals surface area contributed by atoms with Crippen molar-refractivity contribution in [2.75, 3.05) is 26.2 Å². The summed E-state index contributed by atoms with van der Waals surface area (Å²) in [5.74, 6) is -0.406. The molecule has 1 amide bonds. The summed E-state index contributed by atoms with van der Waals surface area (Å²) in [5.41, 5.74) is 0.738. The number of aryl methyl sites for hydroxylation is 1. The number of aromatic nitrogens is 5. The van der Waals surface area contributed by atoms with Gasteiger partial charge in [-0.2, -0.15) is 23.4 Å². The molecule has 194 valence electrons. The Morgan fingerprint density at radius 2 is 1.74 bits per heavy atom. The number of hydrogen-bond acceptors (Lipinski definition) is 5. The first-order chi connectivity index (χ1) is 18.2. The predicted octanol–water partition coefficient (Wildman–Crippen LogP) is 4.26. The van der Waals surface area contributed by atoms with E-state index in [0.29, 0.717) is 31.7 Å². The van der Waals surface area contributed by atoms with Gasteiger partial charge in [0.1, 0.15) is 0 Å². The fourth-order valence-corrected chi connectivity index (χ4v) is 4.86. The van der Waals surface area contributed by atoms with E-state index in [1.165, 1.54) is 6.07 Å². The molecule has 8 nitrogen and oxygen atoms in total. The Hall–Kier alpha value is -4.25. The van der Waals surface area contributed by atoms with Gasteiger partial charge in [-0.3, -0.25) is 14.4 Å². The van der Waals surface area contributed by atoms with Gasteiger partial charge >= 0.3 is 6.18 Å². The van der Waals surface area contributed by atoms with Crippen LogP contribution < -0.4 is 0 Å². The van der Waals surface area contributed by atoms with Gasteiger partial charge in [0.05, 0.1) is 11.9 Å². The van der Waals surface area contributed by atoms with E-state index in [4.69, 9.17) is 0 Å². The van der Waals surface area contributed by atoms with Crippen LogP contribution in [0.2, 0.25) is 0 Å². The van der Waals surface area contributed by atoms with Crippen molar-refractivity contribution in [1.29, 1.82) is 0 Å². The fourth-order valence-electron chi connectivity index (χ4n) is 4.86. The summed E-state index contributed by atoms with van der Waals surface area (Å²) >= 11 is 0. The smallest absolute Gasteiger partial charge is 0.335 e. The van der Waals surface area contributed by atoms with Crippen LogP contribution in [0.25, 0.3) is 27.7 Å². The summed E-state index contributed by atoms with van der Waals surface area (Å²) in [5, 5.41) is 10.1. The molecule has 1 aliphatic heterocycles. The van der Waals surface area contributed by atoms with Crippen LogP contribution in [-0.4, -0.2) is 66.3 Å². The Bertz CT molecular complexity index is 1650. The normalized spacial score (nSPS) is 15.0. The van der Waals surface area contributed by atoms with Crippen molar-refractivity contribution in [1.82, 2.24) is 34.2 Å². The summed E-state index contributed by atoms with van der Waals surface area (Å²) in [7, 11) is 1.86. The minimum absolute atomic E-state index is 0.0263. The highest BCUT2D eigenvalue weighted by Gasteiger charge is 2.36. The second kappa shape index (κ2) is 9.25. The van der Waals surface area contributed by atoms with Crippen molar-refractivity contribution in [3.63, 3.8) is 0 Å². The highest BCUT2D eigenvalue weighted by atomic mass is 19.4. The van der Waals surface area contributed by atoms with Crippen molar-refractivity contribution in [2.45, 2.75) is 12.7 Å². The van der Waals surface area contributed by atoms with Crippen molar-refractivity contribution in [3.05, 3.63) is 83.9 Å². The predicted molar refractivity (Wildman–Crippen MR) is 135 cm³/mol. The zero-order valence-corrected chi connectivity index (χ0v) is 20.6. The Morgan fingerprint density at radius 1 is 0.974 bits per heavy atom. The van der Waals surface area contributed by atoms with Crippen LogP contribution in [0.3, 0.4) is 0 Å². The van der Waals surface area contributed by atoms with Crippen molar-refractivity contribution >= 4 is 22.3 Å². The first-order valence-corrected chi connectivity index (χ1v) is 12.2. The first kappa shape index (κ1) is 24.1. The van der Waals surface area contributed by atoms with E-state index in [1.54, 1.807) is 15.6 Å². The van der Waals surface area contributed by atoms with E-state index in [9.17, 15) is 18.0 Å². The average Bonchev–Trinajstić information content (AvgIpc) is 3.53. The number of alkyl halides is 3. The van der Waals surface area contributed by atoms with Crippen LogP contribution in [-0.2, 0) is 19.8 Å². The maximum atomic E-state index is 14.1. The van der Waals surface area contributed by atoms with Crippen LogP contribution >= 0.6 is 0 Å². The quantitative estimate of drug-likeness (QED) is 0.355. The zero-order valence-electron chi connectivity index (χ0n) is 20.6. The Kier molecular flexibility index (Phi) is 5.87. The molecule has 1 fully saturated rings. The molecule has 0 bridgehead atoms. The van der Waals surface area contributed by atoms with E-state index < -0.39 is 17.8 Å². The summed E-state index contributed by atoms with van der Waals surface area (Å²) < 4.78 is 44.6. The second-order valence-electron chi connectivity index (χ2n) is 9.48. The van der Waals surface area contributed by atoms with Gasteiger partial charge in [-0.1, -0.05) is 36.4 Å². The van der Waals surface area contributed by atoms with Gasteiger partial charge in [0.25, 0.3) is 5.91 Å². The van der Waals surface area contributed by atoms with Crippen LogP contribution in [0.1, 0.15) is 21.7 Å². The van der Waals surface area contributed by atoms with Gasteiger partial charge in [-0.05, 0) is 22.9 Å². The molecule has 38 heavy (non-hydrogen) atoms. The number of carbonyl (C=O) groups is 1. The molecule has 0 unspecified atom stereocenters. The molecule has 11 heteroatoms. The van der Waals surface area contributed by atoms with Crippen molar-refractivity contribution in [2.24, 2.45) is 7.05 Å². The van der Waals surface area contributed by atoms with Gasteiger partial charge in [-0.15, -0.1) is 0 Å². The molecule has 0 aliphatic carbocycles. The molecule has 0 saturated carbocycles. The van der Waals surface area contributed by atoms with E-state index in [-0.39, 0.29) is 17.0 Å². The zero-order chi connectivity index (χ0) is 26.4. The molecule has 0 N–H and O–H groups in total. The third-order valence-electron chi connectivity index (χ3n) is 6.81. The van der Waals surface area contributed by atoms with E-state index in [2.05, 4.69) is 20.1 Å². The molecule has 0 spiro atoms. The lowest BCUT2D eigenvalue weighted by molar-refractivity contribution is -0.142. The van der Waals surface area contributed by atoms with Crippen molar-refractivity contribution in [3.8, 4) is 11.3 Å². The molecule has 1 saturated heterocycles. The second-order valence-corrected chi connectivity index (χ2v) is 9.48. The number of amides is 1. The molecule has 5 aromatic rings. The fraction of sp³-hybridized carbons (Fsp3) is 0.259. The molecule has 3 aromatic heterocycles. The number of benzene rings is 2. The molecule has 2 aromatic carbocycles. The highest BCUT2D eigenvalue weighted by molar-refractivity contribution is 5.93. The molecule has 4 heterocycles. The number of nitrogens with zero attached hydrogens (tertiary/aromatic N) is 7. The third kappa shape index (κ3) is 4.60. The van der Waals surface area contributed by atoms with Gasteiger partial charge < -0.3 is 4.90 Å². The Balaban J connectivity index is 1.27. The number of hydrogen-bond donors (Lipinski definition) is 0. The first-order valence-electron chi connectivity index (χ1n) is 12.2. The average molecular weight is 520 g/mol. The molecule has 0 atom stereocenters. The van der Waals surface area contributed by atoms with Crippen LogP contribution in [0.5, 0.6) is 0 Å². The maximum Gasteiger partial charge on any atom is 0.433 e. The minimum atomic E-state index is -4.68. The summed E-state index contributed by atoms with van der Waals surface area (Å²) in [6, 6.07) is 15.3. The molecule has 6 rings (SSSR count). The Labute approximate surface area is 215 Å². The lowest BCUT2D eigenvalue weighted by atomic mass is 10.0. The lowest BCUT2D eigenvalue weighted by Gasteiger charge is -2.34. The highest BCUT2D eigenvalue weighted by Crippen LogP contribution is 2.33. The molecule has 0 radical (unpaired) electrons. The van der Waals surface area contributed by atoms with Gasteiger partial charge in [0.2, 0.25) is 0 Å². The SMILES string of the molecule is Cn1cc(CN2CCN(C(=O)c3cc4nc(-c5ccc6ccccc6c5)cc(C(F)(F)F)n4n3)CC2)cn1. The summed E-state index contributed by atoms with van der Waals surface area (Å²) in [6.07, 6.45) is -0.922. The van der Waals surface area contributed by atoms with E-state index >= 15 is 0 Å². The largest absolute Gasteiger partial charge is 0.433 e. The Morgan fingerprint density at radius 3 is 2.45 bits per heavy atom. The third-order valence-corrected chi connectivity index (χ3v) is 6.81. The lowest BCUT2D eigenvalue weighted by Crippen LogP contribution is -2.48. The number of halogens is 3. The van der Waals surface area contributed by atoms with Crippen LogP contribution in [0.15, 0.2) is 67.0 Å². The summed E-state index contributed by atoms with van der Waals surface area (Å²) in [4.78, 5) is 21.5. The summed E-state index contributed by atoms with van der Waals surface area (Å²) in [6.45, 7) is 2.92. The number of fused-ring (bicyclic) bond motifs is 2. The number of piperazine rings is 1. The number of rotatable bonds is 4. The number of carbonyl (C=O) groups excluding carboxylic acids is 1.